The molecular weight excluding hydrogens is 725 g/mol. The quantitative estimate of drug-likeness (QED) is 0.114. The fourth-order valence-corrected chi connectivity index (χ4v) is 8.48. The van der Waals surface area contributed by atoms with Crippen molar-refractivity contribution in [3.63, 3.8) is 0 Å². The Hall–Kier alpha value is -6.18. The summed E-state index contributed by atoms with van der Waals surface area (Å²) in [7, 11) is 2.54. The molecule has 14 heteroatoms. The summed E-state index contributed by atoms with van der Waals surface area (Å²) < 4.78 is 9.25. The van der Waals surface area contributed by atoms with Crippen molar-refractivity contribution >= 4 is 35.0 Å². The van der Waals surface area contributed by atoms with Crippen LogP contribution in [0, 0.1) is 5.92 Å². The number of imidazole rings is 2. The van der Waals surface area contributed by atoms with Crippen molar-refractivity contribution in [2.45, 2.75) is 65.0 Å². The normalized spacial score (nSPS) is 17.1. The molecule has 5 aromatic rings. The van der Waals surface area contributed by atoms with Crippen LogP contribution in [0.5, 0.6) is 0 Å². The predicted molar refractivity (Wildman–Crippen MR) is 216 cm³/mol. The summed E-state index contributed by atoms with van der Waals surface area (Å²) >= 11 is 0. The Kier molecular flexibility index (Phi) is 11.3. The van der Waals surface area contributed by atoms with E-state index < -0.39 is 17.7 Å². The molecule has 1 fully saturated rings. The smallest absolute Gasteiger partial charge is 0.407 e. The topological polar surface area (TPSA) is 175 Å². The zero-order valence-corrected chi connectivity index (χ0v) is 33.2. The molecule has 1 saturated heterocycles. The van der Waals surface area contributed by atoms with E-state index in [-0.39, 0.29) is 30.8 Å². The molecule has 14 nitrogen and oxygen atoms in total. The average molecular weight is 775 g/mol. The zero-order valence-electron chi connectivity index (χ0n) is 33.2. The van der Waals surface area contributed by atoms with Gasteiger partial charge in [-0.25, -0.2) is 19.6 Å². The number of alkyl carbamates (subject to hydrolysis) is 2. The molecular formula is C43H50N8O6. The molecule has 1 aliphatic heterocycles. The first-order chi connectivity index (χ1) is 27.6. The molecule has 0 radical (unpaired) electrons. The predicted octanol–water partition coefficient (Wildman–Crippen LogP) is 6.31. The number of hydrogen-bond donors (Lipinski definition) is 4. The summed E-state index contributed by atoms with van der Waals surface area (Å²) in [6, 6.07) is 19.5. The molecule has 0 spiro atoms. The Bertz CT molecular complexity index is 2320. The molecule has 1 aliphatic carbocycles. The molecule has 0 saturated carbocycles. The highest BCUT2D eigenvalue weighted by atomic mass is 16.5. The summed E-state index contributed by atoms with van der Waals surface area (Å²) in [6.07, 6.45) is 4.84. The van der Waals surface area contributed by atoms with E-state index in [1.54, 1.807) is 11.1 Å². The number of likely N-dealkylation sites (tertiary alicyclic amines) is 1. The number of carbonyl (C=O) groups is 4. The van der Waals surface area contributed by atoms with E-state index in [2.05, 4.69) is 97.4 Å². The van der Waals surface area contributed by atoms with Gasteiger partial charge in [0.15, 0.2) is 0 Å². The molecule has 57 heavy (non-hydrogen) atoms. The number of aromatic amines is 2. The van der Waals surface area contributed by atoms with Crippen molar-refractivity contribution in [1.82, 2.24) is 40.4 Å². The van der Waals surface area contributed by atoms with Crippen LogP contribution in [0.2, 0.25) is 0 Å². The molecule has 4 amide bonds. The maximum atomic E-state index is 13.3. The number of ether oxygens (including phenoxy) is 2. The van der Waals surface area contributed by atoms with Gasteiger partial charge >= 0.3 is 12.2 Å². The number of nitrogens with zero attached hydrogens (tertiary/aromatic N) is 4. The van der Waals surface area contributed by atoms with E-state index in [1.807, 2.05) is 17.9 Å². The second kappa shape index (κ2) is 16.5. The van der Waals surface area contributed by atoms with Crippen LogP contribution in [0.3, 0.4) is 0 Å². The minimum Gasteiger partial charge on any atom is -0.453 e. The summed E-state index contributed by atoms with van der Waals surface area (Å²) in [5, 5.41) is 4.99. The van der Waals surface area contributed by atoms with E-state index in [9.17, 15) is 19.2 Å². The highest BCUT2D eigenvalue weighted by Gasteiger charge is 2.49. The van der Waals surface area contributed by atoms with Gasteiger partial charge in [0.25, 0.3) is 0 Å². The van der Waals surface area contributed by atoms with Crippen LogP contribution >= 0.6 is 0 Å². The third-order valence-corrected chi connectivity index (χ3v) is 11.6. The van der Waals surface area contributed by atoms with Crippen LogP contribution < -0.4 is 10.6 Å². The number of methoxy groups -OCH3 is 2. The second-order valence-corrected chi connectivity index (χ2v) is 14.9. The number of rotatable bonds is 12. The van der Waals surface area contributed by atoms with Crippen LogP contribution in [0.1, 0.15) is 62.8 Å². The van der Waals surface area contributed by atoms with Gasteiger partial charge in [-0.15, -0.1) is 0 Å². The first kappa shape index (κ1) is 39.1. The minimum atomic E-state index is -0.649. The molecule has 7 rings (SSSR count). The molecule has 4 N–H and O–H groups in total. The molecule has 3 heterocycles. The lowest BCUT2D eigenvalue weighted by molar-refractivity contribution is -0.135. The van der Waals surface area contributed by atoms with E-state index in [0.29, 0.717) is 25.5 Å². The Labute approximate surface area is 331 Å². The third kappa shape index (κ3) is 7.80. The number of aromatic nitrogens is 4. The van der Waals surface area contributed by atoms with E-state index in [0.717, 1.165) is 71.3 Å². The van der Waals surface area contributed by atoms with Crippen LogP contribution in [-0.2, 0) is 44.0 Å². The Balaban J connectivity index is 1.08. The van der Waals surface area contributed by atoms with Crippen molar-refractivity contribution in [1.29, 1.82) is 0 Å². The van der Waals surface area contributed by atoms with Crippen molar-refractivity contribution in [3.05, 3.63) is 83.6 Å². The third-order valence-electron chi connectivity index (χ3n) is 11.6. The van der Waals surface area contributed by atoms with Crippen molar-refractivity contribution in [2.24, 2.45) is 5.92 Å². The molecule has 0 bridgehead atoms. The molecule has 2 aromatic heterocycles. The van der Waals surface area contributed by atoms with Crippen LogP contribution in [0.15, 0.2) is 60.8 Å². The number of fused-ring (bicyclic) bond motifs is 4. The molecule has 0 unspecified atom stereocenters. The summed E-state index contributed by atoms with van der Waals surface area (Å²) in [6.45, 7) is 7.36. The van der Waals surface area contributed by atoms with Gasteiger partial charge in [0.05, 0.1) is 43.7 Å². The van der Waals surface area contributed by atoms with Crippen molar-refractivity contribution in [2.75, 3.05) is 40.4 Å². The van der Waals surface area contributed by atoms with Gasteiger partial charge in [0.2, 0.25) is 11.8 Å². The van der Waals surface area contributed by atoms with E-state index in [4.69, 9.17) is 4.98 Å². The Morgan fingerprint density at radius 1 is 0.877 bits per heavy atom. The number of H-pyrrole nitrogens is 2. The number of nitrogens with one attached hydrogen (secondary N) is 4. The van der Waals surface area contributed by atoms with Gasteiger partial charge in [0.1, 0.15) is 30.3 Å². The Morgan fingerprint density at radius 3 is 2.21 bits per heavy atom. The van der Waals surface area contributed by atoms with Gasteiger partial charge in [-0.05, 0) is 95.7 Å². The maximum absolute atomic E-state index is 13.3. The number of carbonyl (C=O) groups excluding carboxylic acids is 4. The monoisotopic (exact) mass is 774 g/mol. The largest absolute Gasteiger partial charge is 0.453 e. The Morgan fingerprint density at radius 2 is 1.53 bits per heavy atom. The first-order valence-electron chi connectivity index (χ1n) is 19.6. The second-order valence-electron chi connectivity index (χ2n) is 14.9. The lowest BCUT2D eigenvalue weighted by Gasteiger charge is -2.37. The van der Waals surface area contributed by atoms with Crippen LogP contribution in [0.25, 0.3) is 44.5 Å². The van der Waals surface area contributed by atoms with Gasteiger partial charge in [0, 0.05) is 13.1 Å². The van der Waals surface area contributed by atoms with Gasteiger partial charge in [-0.1, -0.05) is 56.7 Å². The fourth-order valence-electron chi connectivity index (χ4n) is 8.48. The highest BCUT2D eigenvalue weighted by molar-refractivity contribution is 5.86. The lowest BCUT2D eigenvalue weighted by Crippen LogP contribution is -2.50. The SMILES string of the molecule is CCCN(Cc1ncc(-c2ccc3c(c2)CCc2cc(-c4ccc5nc([C@]6(C)[C@H](CC)CCN6C(=O)CNC(=O)OC)[nH]c5c4)ccc2-3)[nH]1)C(=O)CNC(=O)OC. The number of hydrogen-bond acceptors (Lipinski definition) is 8. The standard InChI is InChI=1S/C43H50N8O6/c1-6-17-50(38(52)23-45-41(54)56-4)25-37-44-22-36(47-37)30-11-14-33-29(20-30)9-8-28-19-26(10-13-32(28)33)27-12-15-34-35(21-27)49-40(48-34)43(3)31(7-2)16-18-51(43)39(53)24-46-42(55)57-5/h10-15,19-22,31H,6-9,16-18,23-25H2,1-5H3,(H,44,47)(H,45,54)(H,46,55)(H,48,49)/t31-,43+/m1/s1. The van der Waals surface area contributed by atoms with Crippen molar-refractivity contribution in [3.8, 4) is 33.5 Å². The molecule has 298 valence electrons. The van der Waals surface area contributed by atoms with E-state index in [1.165, 1.54) is 36.5 Å². The number of aryl methyl sites for hydroxylation is 2. The number of amides is 4. The van der Waals surface area contributed by atoms with Crippen LogP contribution in [-0.4, -0.2) is 94.1 Å². The van der Waals surface area contributed by atoms with E-state index >= 15 is 0 Å². The van der Waals surface area contributed by atoms with Crippen LogP contribution in [0.4, 0.5) is 9.59 Å². The fraction of sp³-hybridized carbons (Fsp3) is 0.395. The first-order valence-corrected chi connectivity index (χ1v) is 19.6. The molecule has 2 aliphatic rings. The average Bonchev–Trinajstić information content (AvgIpc) is 3.98. The summed E-state index contributed by atoms with van der Waals surface area (Å²) in [5.74, 6) is 1.25. The summed E-state index contributed by atoms with van der Waals surface area (Å²) in [5.41, 5.74) is 10.2. The maximum Gasteiger partial charge on any atom is 0.407 e. The van der Waals surface area contributed by atoms with Gasteiger partial charge in [-0.2, -0.15) is 0 Å². The van der Waals surface area contributed by atoms with Gasteiger partial charge < -0.3 is 39.9 Å². The zero-order chi connectivity index (χ0) is 40.3. The lowest BCUT2D eigenvalue weighted by atomic mass is 9.83. The minimum absolute atomic E-state index is 0.137. The molecule has 3 aromatic carbocycles. The van der Waals surface area contributed by atoms with Crippen molar-refractivity contribution < 1.29 is 28.7 Å². The van der Waals surface area contributed by atoms with Gasteiger partial charge in [-0.3, -0.25) is 9.59 Å². The molecule has 2 atom stereocenters. The highest BCUT2D eigenvalue weighted by Crippen LogP contribution is 2.45. The summed E-state index contributed by atoms with van der Waals surface area (Å²) in [4.78, 5) is 69.4. The number of benzene rings is 3.